The maximum absolute atomic E-state index is 13.4. The molecular formula is C11H11FO5. The molecule has 0 saturated heterocycles. The molecule has 17 heavy (non-hydrogen) atoms. The van der Waals surface area contributed by atoms with E-state index in [1.54, 1.807) is 0 Å². The number of aromatic hydroxyl groups is 1. The third-order valence-corrected chi connectivity index (χ3v) is 1.97. The van der Waals surface area contributed by atoms with Crippen LogP contribution in [0.5, 0.6) is 11.5 Å². The smallest absolute Gasteiger partial charge is 0.379 e. The van der Waals surface area contributed by atoms with Crippen LogP contribution < -0.4 is 4.74 Å². The molecule has 0 fully saturated rings. The Morgan fingerprint density at radius 3 is 2.59 bits per heavy atom. The predicted molar refractivity (Wildman–Crippen MR) is 55.6 cm³/mol. The van der Waals surface area contributed by atoms with Crippen LogP contribution in [0.3, 0.4) is 0 Å². The number of phenols is 1. The lowest BCUT2D eigenvalue weighted by molar-refractivity contribution is -0.137. The van der Waals surface area contributed by atoms with Crippen molar-refractivity contribution in [3.63, 3.8) is 0 Å². The second-order valence-corrected chi connectivity index (χ2v) is 3.05. The number of methoxy groups -OCH3 is 1. The number of phenolic OH excluding ortho intramolecular Hbond substituents is 1. The number of carbonyl (C=O) groups is 2. The maximum Gasteiger partial charge on any atom is 0.379 e. The van der Waals surface area contributed by atoms with E-state index in [1.807, 2.05) is 0 Å². The summed E-state index contributed by atoms with van der Waals surface area (Å²) in [6.07, 6.45) is 0. The molecule has 92 valence electrons. The van der Waals surface area contributed by atoms with E-state index in [9.17, 15) is 19.1 Å². The molecule has 6 heteroatoms. The molecule has 1 aromatic carbocycles. The lowest BCUT2D eigenvalue weighted by Crippen LogP contribution is -2.18. The van der Waals surface area contributed by atoms with Gasteiger partial charge in [0.2, 0.25) is 0 Å². The fourth-order valence-corrected chi connectivity index (χ4v) is 1.19. The minimum Gasteiger partial charge on any atom is -0.504 e. The minimum atomic E-state index is -1.15. The summed E-state index contributed by atoms with van der Waals surface area (Å²) in [6, 6.07) is 1.65. The predicted octanol–water partition coefficient (Wildman–Crippen LogP) is 1.29. The molecular weight excluding hydrogens is 231 g/mol. The van der Waals surface area contributed by atoms with Crippen LogP contribution in [-0.2, 0) is 9.53 Å². The van der Waals surface area contributed by atoms with E-state index in [1.165, 1.54) is 14.0 Å². The van der Waals surface area contributed by atoms with Gasteiger partial charge in [-0.15, -0.1) is 0 Å². The normalized spacial score (nSPS) is 9.82. The number of Topliss-reactive ketones (excluding diaryl/α,β-unsaturated/α-hetero) is 1. The van der Waals surface area contributed by atoms with Crippen molar-refractivity contribution in [3.05, 3.63) is 23.5 Å². The zero-order chi connectivity index (χ0) is 13.0. The Labute approximate surface area is 96.8 Å². The van der Waals surface area contributed by atoms with Crippen molar-refractivity contribution in [2.24, 2.45) is 0 Å². The number of hydrogen-bond donors (Lipinski definition) is 1. The summed E-state index contributed by atoms with van der Waals surface area (Å²) in [4.78, 5) is 22.6. The number of hydrogen-bond acceptors (Lipinski definition) is 5. The number of ether oxygens (including phenoxy) is 2. The highest BCUT2D eigenvalue weighted by Crippen LogP contribution is 2.28. The molecule has 1 N–H and O–H groups in total. The second kappa shape index (κ2) is 5.29. The number of benzene rings is 1. The van der Waals surface area contributed by atoms with E-state index in [4.69, 9.17) is 4.74 Å². The van der Waals surface area contributed by atoms with Crippen LogP contribution in [0.4, 0.5) is 4.39 Å². The number of rotatable bonds is 4. The molecule has 0 aliphatic rings. The molecule has 0 bridgehead atoms. The first kappa shape index (κ1) is 13.0. The van der Waals surface area contributed by atoms with Crippen molar-refractivity contribution >= 4 is 11.8 Å². The first-order chi connectivity index (χ1) is 8.01. The molecule has 0 atom stereocenters. The molecule has 0 unspecified atom stereocenters. The SMILES string of the molecule is CCOC(=O)C(=O)c1cc(OC)c(O)cc1F. The molecule has 0 heterocycles. The van der Waals surface area contributed by atoms with Crippen molar-refractivity contribution in [2.75, 3.05) is 13.7 Å². The van der Waals surface area contributed by atoms with Gasteiger partial charge in [-0.2, -0.15) is 0 Å². The summed E-state index contributed by atoms with van der Waals surface area (Å²) >= 11 is 0. The minimum absolute atomic E-state index is 0.0153. The van der Waals surface area contributed by atoms with Gasteiger partial charge in [-0.3, -0.25) is 4.79 Å². The molecule has 1 aromatic rings. The number of ketones is 1. The first-order valence-electron chi connectivity index (χ1n) is 4.79. The lowest BCUT2D eigenvalue weighted by atomic mass is 10.1. The highest BCUT2D eigenvalue weighted by atomic mass is 19.1. The largest absolute Gasteiger partial charge is 0.504 e. The molecule has 0 aliphatic carbocycles. The van der Waals surface area contributed by atoms with Gasteiger partial charge in [-0.25, -0.2) is 9.18 Å². The van der Waals surface area contributed by atoms with Crippen LogP contribution >= 0.6 is 0 Å². The fourth-order valence-electron chi connectivity index (χ4n) is 1.19. The molecule has 0 radical (unpaired) electrons. The van der Waals surface area contributed by atoms with Gasteiger partial charge in [-0.05, 0) is 13.0 Å². The average Bonchev–Trinajstić information content (AvgIpc) is 2.29. The van der Waals surface area contributed by atoms with Gasteiger partial charge in [0.1, 0.15) is 5.82 Å². The van der Waals surface area contributed by atoms with Crippen LogP contribution in [0.1, 0.15) is 17.3 Å². The summed E-state index contributed by atoms with van der Waals surface area (Å²) in [5.74, 6) is -3.84. The van der Waals surface area contributed by atoms with E-state index >= 15 is 0 Å². The van der Waals surface area contributed by atoms with Gasteiger partial charge >= 0.3 is 5.97 Å². The summed E-state index contributed by atoms with van der Waals surface area (Å²) in [6.45, 7) is 1.54. The average molecular weight is 242 g/mol. The first-order valence-corrected chi connectivity index (χ1v) is 4.79. The third-order valence-electron chi connectivity index (χ3n) is 1.97. The van der Waals surface area contributed by atoms with E-state index in [0.717, 1.165) is 6.07 Å². The molecule has 0 spiro atoms. The topological polar surface area (TPSA) is 72.8 Å². The van der Waals surface area contributed by atoms with Crippen LogP contribution in [0, 0.1) is 5.82 Å². The Hall–Kier alpha value is -2.11. The molecule has 0 saturated carbocycles. The van der Waals surface area contributed by atoms with Gasteiger partial charge in [0, 0.05) is 6.07 Å². The molecule has 0 aromatic heterocycles. The van der Waals surface area contributed by atoms with E-state index in [2.05, 4.69) is 4.74 Å². The summed E-state index contributed by atoms with van der Waals surface area (Å²) in [7, 11) is 1.24. The van der Waals surface area contributed by atoms with Gasteiger partial charge in [0.25, 0.3) is 5.78 Å². The standard InChI is InChI=1S/C11H11FO5/c1-3-17-11(15)10(14)6-4-9(16-2)8(13)5-7(6)12/h4-5,13H,3H2,1-2H3. The van der Waals surface area contributed by atoms with Gasteiger partial charge in [-0.1, -0.05) is 0 Å². The van der Waals surface area contributed by atoms with Crippen molar-refractivity contribution in [3.8, 4) is 11.5 Å². The van der Waals surface area contributed by atoms with Gasteiger partial charge in [0.15, 0.2) is 11.5 Å². The maximum atomic E-state index is 13.4. The van der Waals surface area contributed by atoms with Crippen LogP contribution in [-0.4, -0.2) is 30.6 Å². The Balaban J connectivity index is 3.13. The zero-order valence-corrected chi connectivity index (χ0v) is 9.32. The molecule has 0 aliphatic heterocycles. The highest BCUT2D eigenvalue weighted by Gasteiger charge is 2.23. The van der Waals surface area contributed by atoms with Crippen LogP contribution in [0.2, 0.25) is 0 Å². The third kappa shape index (κ3) is 2.72. The Bertz CT molecular complexity index is 455. The fraction of sp³-hybridized carbons (Fsp3) is 0.273. The Morgan fingerprint density at radius 1 is 1.41 bits per heavy atom. The number of esters is 1. The summed E-state index contributed by atoms with van der Waals surface area (Å²) < 4.78 is 22.5. The summed E-state index contributed by atoms with van der Waals surface area (Å²) in [5.41, 5.74) is -0.502. The number of halogens is 1. The van der Waals surface area contributed by atoms with Crippen molar-refractivity contribution in [1.29, 1.82) is 0 Å². The summed E-state index contributed by atoms with van der Waals surface area (Å²) in [5, 5.41) is 9.25. The van der Waals surface area contributed by atoms with Crippen LogP contribution in [0.25, 0.3) is 0 Å². The zero-order valence-electron chi connectivity index (χ0n) is 9.32. The number of carbonyl (C=O) groups excluding carboxylic acids is 2. The van der Waals surface area contributed by atoms with Crippen molar-refractivity contribution < 1.29 is 28.6 Å². The second-order valence-electron chi connectivity index (χ2n) is 3.05. The lowest BCUT2D eigenvalue weighted by Gasteiger charge is -2.07. The van der Waals surface area contributed by atoms with Crippen molar-refractivity contribution in [2.45, 2.75) is 6.92 Å². The van der Waals surface area contributed by atoms with E-state index in [0.29, 0.717) is 6.07 Å². The van der Waals surface area contributed by atoms with E-state index < -0.39 is 28.9 Å². The molecule has 0 amide bonds. The molecule has 5 nitrogen and oxygen atoms in total. The van der Waals surface area contributed by atoms with Gasteiger partial charge < -0.3 is 14.6 Å². The van der Waals surface area contributed by atoms with Crippen LogP contribution in [0.15, 0.2) is 12.1 Å². The Morgan fingerprint density at radius 2 is 2.06 bits per heavy atom. The van der Waals surface area contributed by atoms with E-state index in [-0.39, 0.29) is 12.4 Å². The quantitative estimate of drug-likeness (QED) is 0.489. The van der Waals surface area contributed by atoms with Crippen molar-refractivity contribution in [1.82, 2.24) is 0 Å². The molecule has 1 rings (SSSR count). The monoisotopic (exact) mass is 242 g/mol. The highest BCUT2D eigenvalue weighted by molar-refractivity contribution is 6.40. The Kier molecular flexibility index (Phi) is 4.03. The van der Waals surface area contributed by atoms with Gasteiger partial charge in [0.05, 0.1) is 19.3 Å².